The standard InChI is InChI=1S/C12H13BrF5N/c1-2-19-9(5-6-12(16,17)18)7-3-4-8(14)11(15)10(7)13/h3-4,9,19H,2,5-6H2,1H3. The maximum Gasteiger partial charge on any atom is 0.389 e. The first-order valence-electron chi connectivity index (χ1n) is 5.69. The maximum absolute atomic E-state index is 13.4. The Morgan fingerprint density at radius 3 is 2.42 bits per heavy atom. The van der Waals surface area contributed by atoms with E-state index < -0.39 is 30.3 Å². The molecule has 1 nitrogen and oxygen atoms in total. The zero-order valence-electron chi connectivity index (χ0n) is 10.1. The molecule has 0 amide bonds. The van der Waals surface area contributed by atoms with Gasteiger partial charge in [0.1, 0.15) is 0 Å². The lowest BCUT2D eigenvalue weighted by atomic mass is 10.0. The Bertz CT molecular complexity index is 433. The van der Waals surface area contributed by atoms with Crippen molar-refractivity contribution in [3.05, 3.63) is 33.8 Å². The van der Waals surface area contributed by atoms with E-state index in [0.29, 0.717) is 6.54 Å². The monoisotopic (exact) mass is 345 g/mol. The van der Waals surface area contributed by atoms with Crippen molar-refractivity contribution in [3.8, 4) is 0 Å². The third kappa shape index (κ3) is 4.72. The minimum Gasteiger partial charge on any atom is -0.310 e. The number of halogens is 6. The second kappa shape index (κ2) is 6.65. The van der Waals surface area contributed by atoms with Crippen LogP contribution >= 0.6 is 15.9 Å². The van der Waals surface area contributed by atoms with Crippen LogP contribution < -0.4 is 5.32 Å². The molecule has 0 aliphatic rings. The molecule has 1 aromatic rings. The number of benzene rings is 1. The van der Waals surface area contributed by atoms with Gasteiger partial charge in [0.05, 0.1) is 4.47 Å². The van der Waals surface area contributed by atoms with Crippen LogP contribution in [0.25, 0.3) is 0 Å². The zero-order valence-corrected chi connectivity index (χ0v) is 11.7. The molecule has 0 spiro atoms. The molecule has 1 rings (SSSR count). The van der Waals surface area contributed by atoms with E-state index in [1.165, 1.54) is 6.07 Å². The molecule has 1 atom stereocenters. The van der Waals surface area contributed by atoms with Gasteiger partial charge in [0.15, 0.2) is 11.6 Å². The molecular weight excluding hydrogens is 333 g/mol. The second-order valence-electron chi connectivity index (χ2n) is 4.03. The highest BCUT2D eigenvalue weighted by Crippen LogP contribution is 2.33. The minimum absolute atomic E-state index is 0.138. The maximum atomic E-state index is 13.4. The molecule has 0 fully saturated rings. The fourth-order valence-electron chi connectivity index (χ4n) is 1.73. The van der Waals surface area contributed by atoms with E-state index in [0.717, 1.165) is 6.07 Å². The van der Waals surface area contributed by atoms with Crippen LogP contribution in [0.3, 0.4) is 0 Å². The molecule has 0 bridgehead atoms. The molecule has 0 aromatic heterocycles. The molecule has 1 N–H and O–H groups in total. The average Bonchev–Trinajstić information content (AvgIpc) is 2.31. The number of alkyl halides is 3. The second-order valence-corrected chi connectivity index (χ2v) is 4.82. The fraction of sp³-hybridized carbons (Fsp3) is 0.500. The summed E-state index contributed by atoms with van der Waals surface area (Å²) in [5.41, 5.74) is 0.282. The van der Waals surface area contributed by atoms with E-state index in [1.54, 1.807) is 6.92 Å². The smallest absolute Gasteiger partial charge is 0.310 e. The van der Waals surface area contributed by atoms with Gasteiger partial charge in [0.25, 0.3) is 0 Å². The lowest BCUT2D eigenvalue weighted by Gasteiger charge is -2.20. The average molecular weight is 346 g/mol. The van der Waals surface area contributed by atoms with Crippen molar-refractivity contribution in [1.29, 1.82) is 0 Å². The van der Waals surface area contributed by atoms with Gasteiger partial charge < -0.3 is 5.32 Å². The summed E-state index contributed by atoms with van der Waals surface area (Å²) in [5.74, 6) is -2.13. The predicted molar refractivity (Wildman–Crippen MR) is 65.8 cm³/mol. The molecule has 0 radical (unpaired) electrons. The largest absolute Gasteiger partial charge is 0.389 e. The minimum atomic E-state index is -4.28. The van der Waals surface area contributed by atoms with Crippen LogP contribution in [0.4, 0.5) is 22.0 Å². The van der Waals surface area contributed by atoms with Gasteiger partial charge in [-0.25, -0.2) is 8.78 Å². The van der Waals surface area contributed by atoms with E-state index >= 15 is 0 Å². The SMILES string of the molecule is CCNC(CCC(F)(F)F)c1ccc(F)c(F)c1Br. The van der Waals surface area contributed by atoms with Gasteiger partial charge in [0, 0.05) is 12.5 Å². The number of hydrogen-bond acceptors (Lipinski definition) is 1. The Labute approximate surface area is 116 Å². The highest BCUT2D eigenvalue weighted by Gasteiger charge is 2.29. The van der Waals surface area contributed by atoms with E-state index in [1.807, 2.05) is 0 Å². The number of rotatable bonds is 5. The number of nitrogens with one attached hydrogen (secondary N) is 1. The van der Waals surface area contributed by atoms with Gasteiger partial charge in [-0.05, 0) is 40.5 Å². The van der Waals surface area contributed by atoms with Crippen molar-refractivity contribution in [3.63, 3.8) is 0 Å². The summed E-state index contributed by atoms with van der Waals surface area (Å²) >= 11 is 2.89. The summed E-state index contributed by atoms with van der Waals surface area (Å²) < 4.78 is 63.0. The van der Waals surface area contributed by atoms with Crippen LogP contribution in [0, 0.1) is 11.6 Å². The quantitative estimate of drug-likeness (QED) is 0.601. The molecule has 1 unspecified atom stereocenters. The zero-order chi connectivity index (χ0) is 14.6. The Morgan fingerprint density at radius 1 is 1.26 bits per heavy atom. The first kappa shape index (κ1) is 16.4. The molecule has 0 saturated heterocycles. The van der Waals surface area contributed by atoms with Gasteiger partial charge in [0.2, 0.25) is 0 Å². The van der Waals surface area contributed by atoms with Crippen molar-refractivity contribution in [1.82, 2.24) is 5.32 Å². The first-order valence-corrected chi connectivity index (χ1v) is 6.49. The lowest BCUT2D eigenvalue weighted by Crippen LogP contribution is -2.23. The lowest BCUT2D eigenvalue weighted by molar-refractivity contribution is -0.136. The highest BCUT2D eigenvalue weighted by molar-refractivity contribution is 9.10. The van der Waals surface area contributed by atoms with Gasteiger partial charge in [-0.3, -0.25) is 0 Å². The summed E-state index contributed by atoms with van der Waals surface area (Å²) in [5, 5.41) is 2.84. The van der Waals surface area contributed by atoms with Gasteiger partial charge >= 0.3 is 6.18 Å². The molecule has 0 saturated carbocycles. The van der Waals surface area contributed by atoms with Crippen molar-refractivity contribution >= 4 is 15.9 Å². The van der Waals surface area contributed by atoms with Crippen LogP contribution in [-0.4, -0.2) is 12.7 Å². The predicted octanol–water partition coefficient (Wildman–Crippen LogP) is 4.72. The number of hydrogen-bond donors (Lipinski definition) is 1. The van der Waals surface area contributed by atoms with E-state index in [-0.39, 0.29) is 16.5 Å². The third-order valence-corrected chi connectivity index (χ3v) is 3.41. The van der Waals surface area contributed by atoms with Crippen molar-refractivity contribution in [2.75, 3.05) is 6.54 Å². The molecule has 0 heterocycles. The van der Waals surface area contributed by atoms with E-state index in [4.69, 9.17) is 0 Å². The molecule has 7 heteroatoms. The summed E-state index contributed by atoms with van der Waals surface area (Å²) in [6, 6.07) is 1.51. The molecule has 1 aromatic carbocycles. The molecule has 108 valence electrons. The van der Waals surface area contributed by atoms with Crippen molar-refractivity contribution in [2.45, 2.75) is 32.0 Å². The summed E-state index contributed by atoms with van der Waals surface area (Å²) in [4.78, 5) is 0. The molecule has 19 heavy (non-hydrogen) atoms. The topological polar surface area (TPSA) is 12.0 Å². The van der Waals surface area contributed by atoms with Crippen LogP contribution in [-0.2, 0) is 0 Å². The Balaban J connectivity index is 2.96. The molecular formula is C12H13BrF5N. The summed E-state index contributed by atoms with van der Waals surface area (Å²) in [7, 11) is 0. The Kier molecular flexibility index (Phi) is 5.73. The van der Waals surface area contributed by atoms with Crippen LogP contribution in [0.15, 0.2) is 16.6 Å². The van der Waals surface area contributed by atoms with E-state index in [2.05, 4.69) is 21.2 Å². The Hall–Kier alpha value is -0.690. The summed E-state index contributed by atoms with van der Waals surface area (Å²) in [6.45, 7) is 2.16. The van der Waals surface area contributed by atoms with Gasteiger partial charge in [-0.15, -0.1) is 0 Å². The van der Waals surface area contributed by atoms with Crippen LogP contribution in [0.2, 0.25) is 0 Å². The van der Waals surface area contributed by atoms with Crippen LogP contribution in [0.5, 0.6) is 0 Å². The normalized spacial score (nSPS) is 13.6. The van der Waals surface area contributed by atoms with Gasteiger partial charge in [-0.2, -0.15) is 13.2 Å². The van der Waals surface area contributed by atoms with Gasteiger partial charge in [-0.1, -0.05) is 13.0 Å². The van der Waals surface area contributed by atoms with E-state index in [9.17, 15) is 22.0 Å². The molecule has 0 aliphatic carbocycles. The summed E-state index contributed by atoms with van der Waals surface area (Å²) in [6.07, 6.45) is -5.50. The first-order chi connectivity index (χ1) is 8.76. The fourth-order valence-corrected chi connectivity index (χ4v) is 2.33. The molecule has 0 aliphatic heterocycles. The van der Waals surface area contributed by atoms with Crippen molar-refractivity contribution < 1.29 is 22.0 Å². The third-order valence-electron chi connectivity index (χ3n) is 2.61. The van der Waals surface area contributed by atoms with Crippen molar-refractivity contribution in [2.24, 2.45) is 0 Å². The van der Waals surface area contributed by atoms with Crippen LogP contribution in [0.1, 0.15) is 31.4 Å². The Morgan fingerprint density at radius 2 is 1.89 bits per heavy atom. The highest BCUT2D eigenvalue weighted by atomic mass is 79.9.